The van der Waals surface area contributed by atoms with E-state index in [1.54, 1.807) is 18.2 Å². The van der Waals surface area contributed by atoms with Crippen molar-refractivity contribution in [1.29, 1.82) is 5.26 Å². The number of para-hydroxylation sites is 1. The van der Waals surface area contributed by atoms with Crippen LogP contribution in [0.25, 0.3) is 0 Å². The molecule has 0 spiro atoms. The number of phenols is 1. The number of rotatable bonds is 4. The number of nitriles is 1. The third-order valence-electron chi connectivity index (χ3n) is 3.15. The first-order valence-corrected chi connectivity index (χ1v) is 6.39. The molecule has 0 heterocycles. The van der Waals surface area contributed by atoms with Gasteiger partial charge in [-0.15, -0.1) is 0 Å². The van der Waals surface area contributed by atoms with Gasteiger partial charge in [0.1, 0.15) is 17.6 Å². The largest absolute Gasteiger partial charge is 0.508 e. The smallest absolute Gasteiger partial charge is 0.141 e. The van der Waals surface area contributed by atoms with Gasteiger partial charge in [-0.25, -0.2) is 4.39 Å². The first kappa shape index (κ1) is 13.9. The number of nitrogens with one attached hydrogen (secondary N) is 1. The average Bonchev–Trinajstić information content (AvgIpc) is 2.47. The summed E-state index contributed by atoms with van der Waals surface area (Å²) in [5, 5.41) is 21.9. The van der Waals surface area contributed by atoms with E-state index in [1.165, 1.54) is 12.1 Å². The SMILES string of the molecule is CCC(Nc1ccc(F)c(C#N)c1)c1ccccc1O. The number of benzene rings is 2. The molecule has 2 aromatic carbocycles. The average molecular weight is 270 g/mol. The van der Waals surface area contributed by atoms with E-state index >= 15 is 0 Å². The Balaban J connectivity index is 2.28. The van der Waals surface area contributed by atoms with Gasteiger partial charge in [-0.3, -0.25) is 0 Å². The van der Waals surface area contributed by atoms with Gasteiger partial charge < -0.3 is 10.4 Å². The molecular formula is C16H15FN2O. The van der Waals surface area contributed by atoms with Gasteiger partial charge in [0.05, 0.1) is 11.6 Å². The van der Waals surface area contributed by atoms with Crippen LogP contribution in [-0.2, 0) is 0 Å². The fourth-order valence-electron chi connectivity index (χ4n) is 2.08. The molecule has 1 unspecified atom stereocenters. The standard InChI is InChI=1S/C16H15FN2O/c1-2-15(13-5-3-4-6-16(13)20)19-12-7-8-14(17)11(9-12)10-18/h3-9,15,19-20H,2H2,1H3. The maximum Gasteiger partial charge on any atom is 0.141 e. The van der Waals surface area contributed by atoms with E-state index in [2.05, 4.69) is 5.32 Å². The van der Waals surface area contributed by atoms with Crippen LogP contribution in [0, 0.1) is 17.1 Å². The second-order valence-corrected chi connectivity index (χ2v) is 4.47. The Labute approximate surface area is 117 Å². The molecule has 102 valence electrons. The second-order valence-electron chi connectivity index (χ2n) is 4.47. The van der Waals surface area contributed by atoms with Gasteiger partial charge in [0.25, 0.3) is 0 Å². The van der Waals surface area contributed by atoms with Crippen molar-refractivity contribution in [3.63, 3.8) is 0 Å². The van der Waals surface area contributed by atoms with Crippen LogP contribution in [0.2, 0.25) is 0 Å². The third kappa shape index (κ3) is 2.89. The molecule has 4 heteroatoms. The fourth-order valence-corrected chi connectivity index (χ4v) is 2.08. The Kier molecular flexibility index (Phi) is 4.21. The molecule has 0 saturated heterocycles. The topological polar surface area (TPSA) is 56.0 Å². The lowest BCUT2D eigenvalue weighted by Crippen LogP contribution is -2.10. The molecule has 0 aliphatic heterocycles. The van der Waals surface area contributed by atoms with Crippen molar-refractivity contribution in [3.8, 4) is 11.8 Å². The molecule has 0 fully saturated rings. The Morgan fingerprint density at radius 2 is 2.05 bits per heavy atom. The lowest BCUT2D eigenvalue weighted by molar-refractivity contribution is 0.463. The highest BCUT2D eigenvalue weighted by Crippen LogP contribution is 2.29. The van der Waals surface area contributed by atoms with Crippen LogP contribution in [-0.4, -0.2) is 5.11 Å². The molecule has 0 amide bonds. The van der Waals surface area contributed by atoms with Gasteiger partial charge in [-0.2, -0.15) is 5.26 Å². The van der Waals surface area contributed by atoms with Gasteiger partial charge in [-0.05, 0) is 30.7 Å². The highest BCUT2D eigenvalue weighted by atomic mass is 19.1. The first-order valence-electron chi connectivity index (χ1n) is 6.39. The molecule has 1 atom stereocenters. The van der Waals surface area contributed by atoms with Crippen LogP contribution in [0.15, 0.2) is 42.5 Å². The summed E-state index contributed by atoms with van der Waals surface area (Å²) in [5.41, 5.74) is 1.43. The van der Waals surface area contributed by atoms with Crippen molar-refractivity contribution in [2.45, 2.75) is 19.4 Å². The van der Waals surface area contributed by atoms with E-state index in [-0.39, 0.29) is 17.4 Å². The van der Waals surface area contributed by atoms with Crippen LogP contribution in [0.1, 0.15) is 30.5 Å². The Bertz CT molecular complexity index is 649. The lowest BCUT2D eigenvalue weighted by atomic mass is 10.0. The molecule has 0 aromatic heterocycles. The summed E-state index contributed by atoms with van der Waals surface area (Å²) in [6.45, 7) is 1.98. The highest BCUT2D eigenvalue weighted by Gasteiger charge is 2.13. The van der Waals surface area contributed by atoms with Gasteiger partial charge in [-0.1, -0.05) is 25.1 Å². The zero-order chi connectivity index (χ0) is 14.5. The third-order valence-corrected chi connectivity index (χ3v) is 3.15. The molecule has 0 aliphatic rings. The molecule has 2 N–H and O–H groups in total. The molecule has 20 heavy (non-hydrogen) atoms. The monoisotopic (exact) mass is 270 g/mol. The second kappa shape index (κ2) is 6.07. The molecule has 0 saturated carbocycles. The van der Waals surface area contributed by atoms with Gasteiger partial charge in [0.15, 0.2) is 0 Å². The van der Waals surface area contributed by atoms with Gasteiger partial charge >= 0.3 is 0 Å². The van der Waals surface area contributed by atoms with Crippen LogP contribution in [0.4, 0.5) is 10.1 Å². The molecule has 0 bridgehead atoms. The zero-order valence-electron chi connectivity index (χ0n) is 11.1. The van der Waals surface area contributed by atoms with Crippen molar-refractivity contribution >= 4 is 5.69 Å². The Hall–Kier alpha value is -2.54. The van der Waals surface area contributed by atoms with Crippen LogP contribution in [0.3, 0.4) is 0 Å². The molecular weight excluding hydrogens is 255 g/mol. The number of aromatic hydroxyl groups is 1. The summed E-state index contributed by atoms with van der Waals surface area (Å²) in [7, 11) is 0. The number of anilines is 1. The molecule has 3 nitrogen and oxygen atoms in total. The minimum Gasteiger partial charge on any atom is -0.508 e. The van der Waals surface area contributed by atoms with Crippen molar-refractivity contribution in [2.24, 2.45) is 0 Å². The van der Waals surface area contributed by atoms with Crippen molar-refractivity contribution in [3.05, 3.63) is 59.4 Å². The Morgan fingerprint density at radius 1 is 1.30 bits per heavy atom. The van der Waals surface area contributed by atoms with Gasteiger partial charge in [0, 0.05) is 11.3 Å². The molecule has 2 aromatic rings. The predicted octanol–water partition coefficient (Wildman–Crippen LogP) is 3.97. The highest BCUT2D eigenvalue weighted by molar-refractivity contribution is 5.52. The minimum atomic E-state index is -0.534. The summed E-state index contributed by atoms with van der Waals surface area (Å²) in [5.74, 6) is -0.317. The molecule has 2 rings (SSSR count). The summed E-state index contributed by atoms with van der Waals surface area (Å²) in [6, 6.07) is 13.1. The van der Waals surface area contributed by atoms with Crippen molar-refractivity contribution in [1.82, 2.24) is 0 Å². The summed E-state index contributed by atoms with van der Waals surface area (Å²) < 4.78 is 13.3. The van der Waals surface area contributed by atoms with E-state index in [9.17, 15) is 9.50 Å². The van der Waals surface area contributed by atoms with Crippen molar-refractivity contribution < 1.29 is 9.50 Å². The first-order chi connectivity index (χ1) is 9.65. The number of hydrogen-bond acceptors (Lipinski definition) is 3. The van der Waals surface area contributed by atoms with Gasteiger partial charge in [0.2, 0.25) is 0 Å². The van der Waals surface area contributed by atoms with Crippen LogP contribution >= 0.6 is 0 Å². The number of phenolic OH excluding ortho intramolecular Hbond substituents is 1. The maximum atomic E-state index is 13.3. The number of halogens is 1. The van der Waals surface area contributed by atoms with E-state index < -0.39 is 5.82 Å². The lowest BCUT2D eigenvalue weighted by Gasteiger charge is -2.20. The number of nitrogens with zero attached hydrogens (tertiary/aromatic N) is 1. The molecule has 0 radical (unpaired) electrons. The minimum absolute atomic E-state index is 0.00198. The summed E-state index contributed by atoms with van der Waals surface area (Å²) in [4.78, 5) is 0. The Morgan fingerprint density at radius 3 is 2.70 bits per heavy atom. The van der Waals surface area contributed by atoms with E-state index in [4.69, 9.17) is 5.26 Å². The maximum absolute atomic E-state index is 13.3. The zero-order valence-corrected chi connectivity index (χ0v) is 11.1. The number of hydrogen-bond donors (Lipinski definition) is 2. The van der Waals surface area contributed by atoms with Crippen molar-refractivity contribution in [2.75, 3.05) is 5.32 Å². The van der Waals surface area contributed by atoms with Crippen LogP contribution < -0.4 is 5.32 Å². The van der Waals surface area contributed by atoms with E-state index in [0.717, 1.165) is 12.0 Å². The summed E-state index contributed by atoms with van der Waals surface area (Å²) in [6.07, 6.45) is 0.747. The fraction of sp³-hybridized carbons (Fsp3) is 0.188. The van der Waals surface area contributed by atoms with Crippen LogP contribution in [0.5, 0.6) is 5.75 Å². The summed E-state index contributed by atoms with van der Waals surface area (Å²) >= 11 is 0. The predicted molar refractivity (Wildman–Crippen MR) is 75.9 cm³/mol. The molecule has 0 aliphatic carbocycles. The quantitative estimate of drug-likeness (QED) is 0.884. The van der Waals surface area contributed by atoms with E-state index in [0.29, 0.717) is 5.69 Å². The van der Waals surface area contributed by atoms with E-state index in [1.807, 2.05) is 25.1 Å². The normalized spacial score (nSPS) is 11.7.